The molecule has 3 unspecified atom stereocenters. The molecular weight excluding hydrogens is 494 g/mol. The van der Waals surface area contributed by atoms with Gasteiger partial charge in [-0.25, -0.2) is 18.6 Å². The van der Waals surface area contributed by atoms with Gasteiger partial charge in [-0.2, -0.15) is 0 Å². The summed E-state index contributed by atoms with van der Waals surface area (Å²) in [7, 11) is -3.80. The smallest absolute Gasteiger partial charge is 0.270 e. The zero-order chi connectivity index (χ0) is 26.7. The first kappa shape index (κ1) is 27.4. The van der Waals surface area contributed by atoms with Crippen LogP contribution in [0.25, 0.3) is 0 Å². The predicted molar refractivity (Wildman–Crippen MR) is 140 cm³/mol. The van der Waals surface area contributed by atoms with E-state index in [2.05, 4.69) is 29.3 Å². The number of likely N-dealkylation sites (tertiary alicyclic amines) is 1. The number of rotatable bonds is 11. The monoisotopic (exact) mass is 533 g/mol. The number of carbonyl (C=O) groups is 2. The number of nitrogens with zero attached hydrogens (tertiary/aromatic N) is 2. The van der Waals surface area contributed by atoms with Crippen LogP contribution in [0.3, 0.4) is 0 Å². The molecule has 1 aromatic carbocycles. The Morgan fingerprint density at radius 1 is 1.22 bits per heavy atom. The Kier molecular flexibility index (Phi) is 8.45. The van der Waals surface area contributed by atoms with Crippen LogP contribution < -0.4 is 20.2 Å². The van der Waals surface area contributed by atoms with Crippen molar-refractivity contribution in [3.63, 3.8) is 0 Å². The molecule has 3 atom stereocenters. The number of ether oxygens (including phenoxy) is 1. The van der Waals surface area contributed by atoms with Gasteiger partial charge in [0.1, 0.15) is 17.6 Å². The highest BCUT2D eigenvalue weighted by atomic mass is 32.2. The van der Waals surface area contributed by atoms with Gasteiger partial charge < -0.3 is 15.0 Å². The molecule has 0 saturated carbocycles. The van der Waals surface area contributed by atoms with Crippen LogP contribution in [0.5, 0.6) is 5.75 Å². The van der Waals surface area contributed by atoms with Gasteiger partial charge in [-0.15, -0.1) is 0 Å². The molecule has 4 rings (SSSR count). The van der Waals surface area contributed by atoms with Gasteiger partial charge >= 0.3 is 0 Å². The molecule has 204 valence electrons. The standard InChI is InChI=1S/C26H39N5O5S/c1-5-9-21-17(3)18(4)24-26(33)28-25(29-31(21)24)20-16-19(11-12-22(20)36-6-2)37(34,35)27-13-8-15-30-14-7-10-23(30)32/h11-12,16-17,21,25,27,29H,5-10,13-15H2,1-4H3,(H,28,33). The minimum Gasteiger partial charge on any atom is -0.493 e. The van der Waals surface area contributed by atoms with Gasteiger partial charge in [0.2, 0.25) is 15.9 Å². The van der Waals surface area contributed by atoms with E-state index in [1.807, 2.05) is 18.9 Å². The molecule has 3 aliphatic heterocycles. The van der Waals surface area contributed by atoms with Crippen molar-refractivity contribution in [3.05, 3.63) is 35.0 Å². The molecule has 0 bridgehead atoms. The van der Waals surface area contributed by atoms with Crippen molar-refractivity contribution < 1.29 is 22.7 Å². The van der Waals surface area contributed by atoms with E-state index in [9.17, 15) is 18.0 Å². The second-order valence-electron chi connectivity index (χ2n) is 9.95. The van der Waals surface area contributed by atoms with E-state index >= 15 is 0 Å². The van der Waals surface area contributed by atoms with Crippen LogP contribution >= 0.6 is 0 Å². The van der Waals surface area contributed by atoms with Crippen LogP contribution in [-0.4, -0.2) is 62.4 Å². The fourth-order valence-corrected chi connectivity index (χ4v) is 6.54. The van der Waals surface area contributed by atoms with Gasteiger partial charge in [0, 0.05) is 37.5 Å². The maximum atomic E-state index is 13.2. The van der Waals surface area contributed by atoms with E-state index < -0.39 is 16.2 Å². The summed E-state index contributed by atoms with van der Waals surface area (Å²) in [5, 5.41) is 4.96. The van der Waals surface area contributed by atoms with Crippen molar-refractivity contribution in [2.75, 3.05) is 26.2 Å². The molecule has 10 nitrogen and oxygen atoms in total. The minimum atomic E-state index is -3.80. The lowest BCUT2D eigenvalue weighted by Gasteiger charge is -2.39. The summed E-state index contributed by atoms with van der Waals surface area (Å²) in [4.78, 5) is 26.8. The van der Waals surface area contributed by atoms with Crippen molar-refractivity contribution in [1.82, 2.24) is 25.4 Å². The fourth-order valence-electron chi connectivity index (χ4n) is 5.43. The van der Waals surface area contributed by atoms with Crippen molar-refractivity contribution >= 4 is 21.8 Å². The molecule has 0 aliphatic carbocycles. The Morgan fingerprint density at radius 2 is 2.00 bits per heavy atom. The summed E-state index contributed by atoms with van der Waals surface area (Å²) in [5.74, 6) is 0.681. The molecule has 0 aromatic heterocycles. The lowest BCUT2D eigenvalue weighted by Crippen LogP contribution is -2.57. The van der Waals surface area contributed by atoms with Gasteiger partial charge in [-0.3, -0.25) is 14.6 Å². The van der Waals surface area contributed by atoms with E-state index in [4.69, 9.17) is 4.74 Å². The largest absolute Gasteiger partial charge is 0.493 e. The van der Waals surface area contributed by atoms with E-state index in [1.165, 1.54) is 6.07 Å². The predicted octanol–water partition coefficient (Wildman–Crippen LogP) is 2.40. The van der Waals surface area contributed by atoms with Crippen molar-refractivity contribution in [2.45, 2.75) is 76.9 Å². The fraction of sp³-hybridized carbons (Fsp3) is 0.615. The number of carbonyl (C=O) groups excluding carboxylic acids is 2. The molecule has 11 heteroatoms. The molecule has 0 spiro atoms. The Balaban J connectivity index is 1.53. The van der Waals surface area contributed by atoms with Crippen LogP contribution in [0.2, 0.25) is 0 Å². The van der Waals surface area contributed by atoms with E-state index in [0.717, 1.165) is 31.4 Å². The average Bonchev–Trinajstić information content (AvgIpc) is 3.38. The van der Waals surface area contributed by atoms with Crippen LogP contribution in [0, 0.1) is 5.92 Å². The van der Waals surface area contributed by atoms with Crippen molar-refractivity contribution in [3.8, 4) is 5.75 Å². The van der Waals surface area contributed by atoms with E-state index in [0.29, 0.717) is 43.0 Å². The lowest BCUT2D eigenvalue weighted by molar-refractivity contribution is -0.127. The highest BCUT2D eigenvalue weighted by Gasteiger charge is 2.43. The lowest BCUT2D eigenvalue weighted by atomic mass is 9.94. The zero-order valence-corrected chi connectivity index (χ0v) is 23.0. The molecular formula is C26H39N5O5S. The summed E-state index contributed by atoms with van der Waals surface area (Å²) in [5.41, 5.74) is 5.67. The van der Waals surface area contributed by atoms with Gasteiger partial charge in [-0.1, -0.05) is 20.3 Å². The minimum absolute atomic E-state index is 0.0941. The molecule has 3 aliphatic rings. The normalized spacial score (nSPS) is 24.1. The molecule has 3 heterocycles. The first-order valence-corrected chi connectivity index (χ1v) is 14.8. The summed E-state index contributed by atoms with van der Waals surface area (Å²) in [6.07, 6.45) is 3.22. The van der Waals surface area contributed by atoms with Gasteiger partial charge in [-0.05, 0) is 56.9 Å². The van der Waals surface area contributed by atoms with E-state index in [1.54, 1.807) is 17.0 Å². The Bertz CT molecular complexity index is 1170. The van der Waals surface area contributed by atoms with Crippen LogP contribution in [0.15, 0.2) is 34.4 Å². The molecule has 2 amide bonds. The molecule has 0 radical (unpaired) electrons. The van der Waals surface area contributed by atoms with Gasteiger partial charge in [0.05, 0.1) is 17.5 Å². The third-order valence-electron chi connectivity index (χ3n) is 7.52. The number of sulfonamides is 1. The third kappa shape index (κ3) is 5.63. The SMILES string of the molecule is CCCC1C(C)C(C)=C2C(=O)NC(c3cc(S(=O)(=O)NCCCN4CCCC4=O)ccc3OCC)NN21. The van der Waals surface area contributed by atoms with Crippen molar-refractivity contribution in [2.24, 2.45) is 5.92 Å². The first-order valence-electron chi connectivity index (χ1n) is 13.3. The molecule has 2 fully saturated rings. The summed E-state index contributed by atoms with van der Waals surface area (Å²) in [6.45, 7) is 10.0. The van der Waals surface area contributed by atoms with Gasteiger partial charge in [0.25, 0.3) is 5.91 Å². The Labute approximate surface area is 219 Å². The number of amides is 2. The van der Waals surface area contributed by atoms with Crippen LogP contribution in [0.1, 0.15) is 71.5 Å². The highest BCUT2D eigenvalue weighted by Crippen LogP contribution is 2.39. The Morgan fingerprint density at radius 3 is 2.68 bits per heavy atom. The number of fused-ring (bicyclic) bond motifs is 1. The molecule has 1 aromatic rings. The third-order valence-corrected chi connectivity index (χ3v) is 8.98. The molecule has 37 heavy (non-hydrogen) atoms. The number of hydrogen-bond acceptors (Lipinski definition) is 7. The summed E-state index contributed by atoms with van der Waals surface area (Å²) in [6, 6.07) is 4.85. The number of hydrazine groups is 1. The zero-order valence-electron chi connectivity index (χ0n) is 22.2. The molecule has 2 saturated heterocycles. The molecule has 3 N–H and O–H groups in total. The average molecular weight is 534 g/mol. The maximum Gasteiger partial charge on any atom is 0.270 e. The first-order chi connectivity index (χ1) is 17.7. The maximum absolute atomic E-state index is 13.2. The van der Waals surface area contributed by atoms with Crippen molar-refractivity contribution in [1.29, 1.82) is 0 Å². The number of nitrogens with one attached hydrogen (secondary N) is 3. The summed E-state index contributed by atoms with van der Waals surface area (Å²) < 4.78 is 34.7. The number of benzene rings is 1. The summed E-state index contributed by atoms with van der Waals surface area (Å²) >= 11 is 0. The van der Waals surface area contributed by atoms with Crippen LogP contribution in [-0.2, 0) is 19.6 Å². The Hall–Kier alpha value is -2.63. The second-order valence-corrected chi connectivity index (χ2v) is 11.7. The second kappa shape index (κ2) is 11.4. The van der Waals surface area contributed by atoms with E-state index in [-0.39, 0.29) is 35.2 Å². The van der Waals surface area contributed by atoms with Gasteiger partial charge in [0.15, 0.2) is 0 Å². The van der Waals surface area contributed by atoms with Crippen LogP contribution in [0.4, 0.5) is 0 Å². The topological polar surface area (TPSA) is 120 Å². The number of hydrogen-bond donors (Lipinski definition) is 3. The highest BCUT2D eigenvalue weighted by molar-refractivity contribution is 7.89. The quantitative estimate of drug-likeness (QED) is 0.374.